The zero-order valence-corrected chi connectivity index (χ0v) is 9.87. The Kier molecular flexibility index (Phi) is 4.58. The third-order valence-electron chi connectivity index (χ3n) is 1.81. The summed E-state index contributed by atoms with van der Waals surface area (Å²) in [7, 11) is 1.50. The van der Waals surface area contributed by atoms with Crippen LogP contribution in [0.25, 0.3) is 0 Å². The maximum atomic E-state index is 11.6. The molecule has 0 heterocycles. The molecule has 0 fully saturated rings. The van der Waals surface area contributed by atoms with Gasteiger partial charge >= 0.3 is 0 Å². The van der Waals surface area contributed by atoms with Gasteiger partial charge in [-0.1, -0.05) is 15.9 Å². The average Bonchev–Trinajstić information content (AvgIpc) is 2.25. The van der Waals surface area contributed by atoms with Crippen LogP contribution in [0.15, 0.2) is 22.7 Å². The molecule has 82 valence electrons. The Labute approximate surface area is 96.4 Å². The van der Waals surface area contributed by atoms with Gasteiger partial charge in [-0.2, -0.15) is 0 Å². The van der Waals surface area contributed by atoms with Crippen molar-refractivity contribution in [3.8, 4) is 5.75 Å². The fourth-order valence-electron chi connectivity index (χ4n) is 1.12. The van der Waals surface area contributed by atoms with E-state index in [-0.39, 0.29) is 19.1 Å². The minimum Gasteiger partial charge on any atom is -0.496 e. The molecular formula is C10H12BrNO3. The van der Waals surface area contributed by atoms with Gasteiger partial charge in [-0.3, -0.25) is 4.79 Å². The number of benzene rings is 1. The van der Waals surface area contributed by atoms with Gasteiger partial charge in [-0.25, -0.2) is 0 Å². The Hall–Kier alpha value is -1.07. The SMILES string of the molecule is COc1cc(Br)ccc1C(=O)NCCO. The number of hydrogen-bond acceptors (Lipinski definition) is 3. The molecule has 15 heavy (non-hydrogen) atoms. The van der Waals surface area contributed by atoms with Gasteiger partial charge in [0.05, 0.1) is 19.3 Å². The largest absolute Gasteiger partial charge is 0.496 e. The van der Waals surface area contributed by atoms with Gasteiger partial charge in [0, 0.05) is 11.0 Å². The monoisotopic (exact) mass is 273 g/mol. The van der Waals surface area contributed by atoms with Gasteiger partial charge in [0.1, 0.15) is 5.75 Å². The van der Waals surface area contributed by atoms with E-state index < -0.39 is 0 Å². The predicted octanol–water partition coefficient (Wildman–Crippen LogP) is 1.18. The van der Waals surface area contributed by atoms with Crippen molar-refractivity contribution in [2.45, 2.75) is 0 Å². The van der Waals surface area contributed by atoms with Crippen LogP contribution in [0.3, 0.4) is 0 Å². The third kappa shape index (κ3) is 3.21. The normalized spacial score (nSPS) is 9.80. The van der Waals surface area contributed by atoms with Crippen LogP contribution in [0.1, 0.15) is 10.4 Å². The first kappa shape index (κ1) is 12.0. The van der Waals surface area contributed by atoms with Gasteiger partial charge < -0.3 is 15.2 Å². The van der Waals surface area contributed by atoms with Crippen LogP contribution >= 0.6 is 15.9 Å². The van der Waals surface area contributed by atoms with E-state index >= 15 is 0 Å². The molecule has 0 aliphatic heterocycles. The number of halogens is 1. The fourth-order valence-corrected chi connectivity index (χ4v) is 1.46. The van der Waals surface area contributed by atoms with Crippen LogP contribution in [-0.2, 0) is 0 Å². The molecule has 1 rings (SSSR count). The molecule has 0 aliphatic carbocycles. The maximum absolute atomic E-state index is 11.6. The number of aliphatic hydroxyl groups is 1. The molecular weight excluding hydrogens is 262 g/mol. The van der Waals surface area contributed by atoms with Crippen LogP contribution in [0.4, 0.5) is 0 Å². The molecule has 0 aliphatic rings. The Bertz CT molecular complexity index is 355. The van der Waals surface area contributed by atoms with Crippen molar-refractivity contribution in [2.24, 2.45) is 0 Å². The summed E-state index contributed by atoms with van der Waals surface area (Å²) in [5.41, 5.74) is 0.453. The van der Waals surface area contributed by atoms with Gasteiger partial charge in [0.15, 0.2) is 0 Å². The summed E-state index contributed by atoms with van der Waals surface area (Å²) in [5.74, 6) is 0.244. The summed E-state index contributed by atoms with van der Waals surface area (Å²) in [6, 6.07) is 5.14. The molecule has 1 aromatic carbocycles. The summed E-state index contributed by atoms with van der Waals surface area (Å²) in [5, 5.41) is 11.1. The zero-order chi connectivity index (χ0) is 11.3. The summed E-state index contributed by atoms with van der Waals surface area (Å²) in [6.07, 6.45) is 0. The molecule has 4 nitrogen and oxygen atoms in total. The number of hydrogen-bond donors (Lipinski definition) is 2. The van der Waals surface area contributed by atoms with E-state index in [9.17, 15) is 4.79 Å². The van der Waals surface area contributed by atoms with Crippen LogP contribution in [0.2, 0.25) is 0 Å². The molecule has 0 saturated heterocycles. The van der Waals surface area contributed by atoms with Crippen LogP contribution in [0, 0.1) is 0 Å². The van der Waals surface area contributed by atoms with E-state index in [0.717, 1.165) is 4.47 Å². The highest BCUT2D eigenvalue weighted by Crippen LogP contribution is 2.23. The van der Waals surface area contributed by atoms with E-state index in [2.05, 4.69) is 21.2 Å². The number of nitrogens with one attached hydrogen (secondary N) is 1. The number of carbonyl (C=O) groups is 1. The van der Waals surface area contributed by atoms with Crippen LogP contribution < -0.4 is 10.1 Å². The number of amides is 1. The third-order valence-corrected chi connectivity index (χ3v) is 2.30. The summed E-state index contributed by atoms with van der Waals surface area (Å²) < 4.78 is 5.92. The second-order valence-electron chi connectivity index (χ2n) is 2.82. The molecule has 0 atom stereocenters. The van der Waals surface area contributed by atoms with Crippen molar-refractivity contribution in [3.63, 3.8) is 0 Å². The van der Waals surface area contributed by atoms with Crippen molar-refractivity contribution in [1.29, 1.82) is 0 Å². The predicted molar refractivity (Wildman–Crippen MR) is 60.1 cm³/mol. The first-order valence-electron chi connectivity index (χ1n) is 4.41. The molecule has 0 bridgehead atoms. The van der Waals surface area contributed by atoms with E-state index in [1.54, 1.807) is 18.2 Å². The highest BCUT2D eigenvalue weighted by molar-refractivity contribution is 9.10. The zero-order valence-electron chi connectivity index (χ0n) is 8.29. The van der Waals surface area contributed by atoms with Crippen LogP contribution in [0.5, 0.6) is 5.75 Å². The fraction of sp³-hybridized carbons (Fsp3) is 0.300. The number of methoxy groups -OCH3 is 1. The summed E-state index contributed by atoms with van der Waals surface area (Å²) in [6.45, 7) is 0.155. The van der Waals surface area contributed by atoms with E-state index in [0.29, 0.717) is 11.3 Å². The molecule has 0 aromatic heterocycles. The van der Waals surface area contributed by atoms with Crippen molar-refractivity contribution >= 4 is 21.8 Å². The Morgan fingerprint density at radius 1 is 1.60 bits per heavy atom. The van der Waals surface area contributed by atoms with Gasteiger partial charge in [0.25, 0.3) is 5.91 Å². The summed E-state index contributed by atoms with van der Waals surface area (Å²) >= 11 is 3.29. The first-order chi connectivity index (χ1) is 7.19. The minimum absolute atomic E-state index is 0.0788. The van der Waals surface area contributed by atoms with Gasteiger partial charge in [0.2, 0.25) is 0 Å². The Morgan fingerprint density at radius 3 is 2.93 bits per heavy atom. The van der Waals surface area contributed by atoms with E-state index in [1.165, 1.54) is 7.11 Å². The van der Waals surface area contributed by atoms with Crippen molar-refractivity contribution in [3.05, 3.63) is 28.2 Å². The standard InChI is InChI=1S/C10H12BrNO3/c1-15-9-6-7(11)2-3-8(9)10(14)12-4-5-13/h2-3,6,13H,4-5H2,1H3,(H,12,14). The van der Waals surface area contributed by atoms with Crippen LogP contribution in [-0.4, -0.2) is 31.3 Å². The smallest absolute Gasteiger partial charge is 0.255 e. The van der Waals surface area contributed by atoms with E-state index in [4.69, 9.17) is 9.84 Å². The molecule has 1 amide bonds. The highest BCUT2D eigenvalue weighted by atomic mass is 79.9. The maximum Gasteiger partial charge on any atom is 0.255 e. The van der Waals surface area contributed by atoms with Gasteiger partial charge in [-0.15, -0.1) is 0 Å². The number of aliphatic hydroxyl groups excluding tert-OH is 1. The molecule has 5 heteroatoms. The van der Waals surface area contributed by atoms with E-state index in [1.807, 2.05) is 0 Å². The topological polar surface area (TPSA) is 58.6 Å². The molecule has 0 saturated carbocycles. The second kappa shape index (κ2) is 5.72. The second-order valence-corrected chi connectivity index (χ2v) is 3.74. The number of carbonyl (C=O) groups excluding carboxylic acids is 1. The van der Waals surface area contributed by atoms with Crippen molar-refractivity contribution in [1.82, 2.24) is 5.32 Å². The summed E-state index contributed by atoms with van der Waals surface area (Å²) in [4.78, 5) is 11.6. The lowest BCUT2D eigenvalue weighted by Crippen LogP contribution is -2.26. The molecule has 0 unspecified atom stereocenters. The van der Waals surface area contributed by atoms with Gasteiger partial charge in [-0.05, 0) is 18.2 Å². The molecule has 2 N–H and O–H groups in total. The molecule has 0 spiro atoms. The lowest BCUT2D eigenvalue weighted by Gasteiger charge is -2.08. The Balaban J connectivity index is 2.87. The first-order valence-corrected chi connectivity index (χ1v) is 5.21. The molecule has 1 aromatic rings. The van der Waals surface area contributed by atoms with Crippen molar-refractivity contribution in [2.75, 3.05) is 20.3 Å². The molecule has 0 radical (unpaired) electrons. The quantitative estimate of drug-likeness (QED) is 0.866. The average molecular weight is 274 g/mol. The number of ether oxygens (including phenoxy) is 1. The lowest BCUT2D eigenvalue weighted by atomic mass is 10.2. The highest BCUT2D eigenvalue weighted by Gasteiger charge is 2.11. The minimum atomic E-state index is -0.256. The lowest BCUT2D eigenvalue weighted by molar-refractivity contribution is 0.0941. The van der Waals surface area contributed by atoms with Crippen molar-refractivity contribution < 1.29 is 14.6 Å². The number of rotatable bonds is 4. The Morgan fingerprint density at radius 2 is 2.33 bits per heavy atom.